The van der Waals surface area contributed by atoms with Crippen LogP contribution < -0.4 is 21.7 Å². The maximum Gasteiger partial charge on any atom is 0.326 e. The molecule has 5 rings (SSSR count). The standard InChI is InChI=1S/C19H14ClN9O2/c20-11-2-1-3-12(7-11)23-15-8-16(25-14-4-5-21-28-14)29-17(26-15)10(9-22-29)6-13-18(30)27-19(31)24-13/h1-9,23,30H,(H,21,28)(H2,24,27,31). The van der Waals surface area contributed by atoms with Gasteiger partial charge in [-0.15, -0.1) is 0 Å². The Morgan fingerprint density at radius 1 is 1.23 bits per heavy atom. The number of aromatic nitrogens is 7. The molecule has 12 heteroatoms. The molecular formula is C19H14ClN9O2. The van der Waals surface area contributed by atoms with Gasteiger partial charge in [0.25, 0.3) is 0 Å². The molecule has 5 N–H and O–H groups in total. The predicted octanol–water partition coefficient (Wildman–Crippen LogP) is 1.35. The number of anilines is 2. The van der Waals surface area contributed by atoms with Crippen molar-refractivity contribution in [3.63, 3.8) is 0 Å². The minimum absolute atomic E-state index is 0.210. The lowest BCUT2D eigenvalue weighted by atomic mass is 10.3. The highest BCUT2D eigenvalue weighted by Gasteiger charge is 2.09. The van der Waals surface area contributed by atoms with Crippen LogP contribution in [0.2, 0.25) is 5.02 Å². The zero-order valence-electron chi connectivity index (χ0n) is 15.7. The Balaban J connectivity index is 1.72. The molecule has 31 heavy (non-hydrogen) atoms. The van der Waals surface area contributed by atoms with E-state index in [1.54, 1.807) is 42.7 Å². The lowest BCUT2D eigenvalue weighted by Gasteiger charge is -2.06. The van der Waals surface area contributed by atoms with Crippen molar-refractivity contribution in [2.45, 2.75) is 0 Å². The lowest BCUT2D eigenvalue weighted by Crippen LogP contribution is -2.18. The predicted molar refractivity (Wildman–Crippen MR) is 113 cm³/mol. The number of nitrogens with one attached hydrogen (secondary N) is 4. The van der Waals surface area contributed by atoms with Crippen LogP contribution in [0.3, 0.4) is 0 Å². The smallest absolute Gasteiger partial charge is 0.326 e. The molecule has 4 aromatic heterocycles. The van der Waals surface area contributed by atoms with Crippen molar-refractivity contribution < 1.29 is 5.11 Å². The first kappa shape index (κ1) is 18.6. The Kier molecular flexibility index (Phi) is 4.49. The van der Waals surface area contributed by atoms with Gasteiger partial charge in [0.05, 0.1) is 12.4 Å². The van der Waals surface area contributed by atoms with Crippen LogP contribution in [0.15, 0.2) is 58.6 Å². The van der Waals surface area contributed by atoms with Gasteiger partial charge in [-0.05, 0) is 24.3 Å². The Bertz CT molecular complexity index is 1560. The van der Waals surface area contributed by atoms with Gasteiger partial charge in [-0.3, -0.25) is 10.1 Å². The highest BCUT2D eigenvalue weighted by Crippen LogP contribution is 2.18. The maximum atomic E-state index is 11.4. The number of fused-ring (bicyclic) bond motifs is 1. The van der Waals surface area contributed by atoms with Crippen LogP contribution in [0, 0.1) is 0 Å². The van der Waals surface area contributed by atoms with Gasteiger partial charge < -0.3 is 15.4 Å². The second-order valence-electron chi connectivity index (χ2n) is 6.51. The quantitative estimate of drug-likeness (QED) is 0.287. The first-order chi connectivity index (χ1) is 15.0. The molecule has 0 aliphatic heterocycles. The molecule has 0 aliphatic carbocycles. The van der Waals surface area contributed by atoms with Gasteiger partial charge in [0, 0.05) is 28.1 Å². The maximum absolute atomic E-state index is 11.4. The molecule has 0 aliphatic rings. The van der Waals surface area contributed by atoms with E-state index in [1.807, 2.05) is 12.1 Å². The van der Waals surface area contributed by atoms with Crippen LogP contribution in [0.4, 0.5) is 17.3 Å². The van der Waals surface area contributed by atoms with Crippen molar-refractivity contribution >= 4 is 40.6 Å². The van der Waals surface area contributed by atoms with E-state index >= 15 is 0 Å². The van der Waals surface area contributed by atoms with E-state index in [-0.39, 0.29) is 11.6 Å². The number of benzene rings is 1. The van der Waals surface area contributed by atoms with Gasteiger partial charge in [-0.25, -0.2) is 14.8 Å². The highest BCUT2D eigenvalue weighted by atomic mass is 35.5. The van der Waals surface area contributed by atoms with Crippen LogP contribution in [-0.2, 0) is 0 Å². The molecule has 4 heterocycles. The fourth-order valence-electron chi connectivity index (χ4n) is 3.01. The molecule has 5 aromatic rings. The monoisotopic (exact) mass is 435 g/mol. The minimum Gasteiger partial charge on any atom is -0.493 e. The summed E-state index contributed by atoms with van der Waals surface area (Å²) in [6, 6.07) is 10.7. The SMILES string of the molecule is O=c1[nH]c(O)c(C=c2cnn3c(=Nc4ccn[nH]4)cc(Nc4cccc(Cl)c4)nc23)[nH]1. The fourth-order valence-corrected chi connectivity index (χ4v) is 3.20. The van der Waals surface area contributed by atoms with Crippen LogP contribution in [-0.4, -0.2) is 39.9 Å². The third kappa shape index (κ3) is 3.76. The van der Waals surface area contributed by atoms with Gasteiger partial charge in [0.15, 0.2) is 11.1 Å². The average Bonchev–Trinajstić information content (AvgIpc) is 3.44. The molecule has 0 spiro atoms. The number of halogens is 1. The van der Waals surface area contributed by atoms with Crippen molar-refractivity contribution in [1.82, 2.24) is 34.8 Å². The van der Waals surface area contributed by atoms with Crippen molar-refractivity contribution in [2.75, 3.05) is 5.32 Å². The molecule has 11 nitrogen and oxygen atoms in total. The van der Waals surface area contributed by atoms with Crippen molar-refractivity contribution in [3.05, 3.63) is 80.7 Å². The number of hydrogen-bond acceptors (Lipinski definition) is 7. The summed E-state index contributed by atoms with van der Waals surface area (Å²) in [7, 11) is 0. The van der Waals surface area contributed by atoms with E-state index in [2.05, 4.69) is 40.6 Å². The molecule has 0 amide bonds. The summed E-state index contributed by atoms with van der Waals surface area (Å²) < 4.78 is 1.54. The molecular weight excluding hydrogens is 422 g/mol. The third-order valence-corrected chi connectivity index (χ3v) is 4.57. The number of aromatic amines is 3. The molecule has 0 saturated carbocycles. The number of rotatable bonds is 4. The van der Waals surface area contributed by atoms with Gasteiger partial charge in [0.1, 0.15) is 17.3 Å². The number of aromatic hydroxyl groups is 1. The molecule has 0 radical (unpaired) electrons. The summed E-state index contributed by atoms with van der Waals surface area (Å²) in [5, 5.41) is 25.3. The van der Waals surface area contributed by atoms with Gasteiger partial charge in [-0.1, -0.05) is 17.7 Å². The molecule has 0 fully saturated rings. The Morgan fingerprint density at radius 2 is 2.13 bits per heavy atom. The number of nitrogens with zero attached hydrogens (tertiary/aromatic N) is 5. The topological polar surface area (TPSA) is 152 Å². The summed E-state index contributed by atoms with van der Waals surface area (Å²) in [6.07, 6.45) is 4.71. The largest absolute Gasteiger partial charge is 0.493 e. The summed E-state index contributed by atoms with van der Waals surface area (Å²) in [4.78, 5) is 25.4. The fraction of sp³-hybridized carbons (Fsp3) is 0. The molecule has 0 atom stereocenters. The van der Waals surface area contributed by atoms with E-state index in [4.69, 9.17) is 11.6 Å². The van der Waals surface area contributed by atoms with E-state index in [0.717, 1.165) is 5.69 Å². The summed E-state index contributed by atoms with van der Waals surface area (Å²) in [6.45, 7) is 0. The Morgan fingerprint density at radius 3 is 2.87 bits per heavy atom. The van der Waals surface area contributed by atoms with Crippen molar-refractivity contribution in [2.24, 2.45) is 4.99 Å². The van der Waals surface area contributed by atoms with Crippen LogP contribution in [0.25, 0.3) is 11.7 Å². The van der Waals surface area contributed by atoms with Crippen LogP contribution in [0.5, 0.6) is 5.88 Å². The average molecular weight is 436 g/mol. The van der Waals surface area contributed by atoms with Crippen LogP contribution in [0.1, 0.15) is 5.69 Å². The number of hydrogen-bond donors (Lipinski definition) is 5. The van der Waals surface area contributed by atoms with Gasteiger partial charge in [-0.2, -0.15) is 14.7 Å². The normalized spacial score (nSPS) is 12.7. The Labute approximate surface area is 177 Å². The van der Waals surface area contributed by atoms with E-state index < -0.39 is 5.69 Å². The minimum atomic E-state index is -0.522. The molecule has 154 valence electrons. The van der Waals surface area contributed by atoms with Crippen molar-refractivity contribution in [1.29, 1.82) is 0 Å². The first-order valence-electron chi connectivity index (χ1n) is 9.04. The van der Waals surface area contributed by atoms with E-state index in [9.17, 15) is 9.90 Å². The lowest BCUT2D eigenvalue weighted by molar-refractivity contribution is 0.454. The van der Waals surface area contributed by atoms with E-state index in [0.29, 0.717) is 33.0 Å². The summed E-state index contributed by atoms with van der Waals surface area (Å²) >= 11 is 6.08. The first-order valence-corrected chi connectivity index (χ1v) is 9.41. The third-order valence-electron chi connectivity index (χ3n) is 4.33. The molecule has 0 saturated heterocycles. The molecule has 0 bridgehead atoms. The highest BCUT2D eigenvalue weighted by molar-refractivity contribution is 6.30. The summed E-state index contributed by atoms with van der Waals surface area (Å²) in [5.41, 5.74) is 1.36. The van der Waals surface area contributed by atoms with Crippen LogP contribution >= 0.6 is 11.6 Å². The molecule has 0 unspecified atom stereocenters. The number of H-pyrrole nitrogens is 3. The summed E-state index contributed by atoms with van der Waals surface area (Å²) in [5.74, 6) is 0.754. The van der Waals surface area contributed by atoms with Crippen molar-refractivity contribution in [3.8, 4) is 5.88 Å². The van der Waals surface area contributed by atoms with E-state index in [1.165, 1.54) is 4.52 Å². The second kappa shape index (κ2) is 7.46. The zero-order chi connectivity index (χ0) is 21.4. The van der Waals surface area contributed by atoms with Gasteiger partial charge >= 0.3 is 5.69 Å². The number of imidazole rings is 1. The Hall–Kier alpha value is -4.38. The zero-order valence-corrected chi connectivity index (χ0v) is 16.4. The van der Waals surface area contributed by atoms with Gasteiger partial charge in [0.2, 0.25) is 5.88 Å². The second-order valence-corrected chi connectivity index (χ2v) is 6.95. The molecule has 1 aromatic carbocycles.